The van der Waals surface area contributed by atoms with Crippen LogP contribution in [0.3, 0.4) is 0 Å². The molecule has 7 heteroatoms. The smallest absolute Gasteiger partial charge is 0.264 e. The van der Waals surface area contributed by atoms with Crippen molar-refractivity contribution in [3.63, 3.8) is 0 Å². The Morgan fingerprint density at radius 2 is 2.12 bits per heavy atom. The molecule has 3 aliphatic heterocycles. The lowest BCUT2D eigenvalue weighted by molar-refractivity contribution is -0.125. The highest BCUT2D eigenvalue weighted by atomic mass is 32.2. The fourth-order valence-corrected chi connectivity index (χ4v) is 5.93. The van der Waals surface area contributed by atoms with Crippen molar-refractivity contribution in [2.45, 2.75) is 42.8 Å². The summed E-state index contributed by atoms with van der Waals surface area (Å²) in [6.07, 6.45) is 3.88. The normalized spacial score (nSPS) is 35.2. The maximum absolute atomic E-state index is 12.7. The third-order valence-corrected chi connectivity index (χ3v) is 7.64. The van der Waals surface area contributed by atoms with Crippen LogP contribution in [0.15, 0.2) is 23.1 Å². The maximum atomic E-state index is 12.7. The van der Waals surface area contributed by atoms with E-state index in [0.717, 1.165) is 37.1 Å². The van der Waals surface area contributed by atoms with Gasteiger partial charge in [-0.25, -0.2) is 13.1 Å². The number of aryl methyl sites for hydroxylation is 1. The molecule has 5 rings (SSSR count). The highest BCUT2D eigenvalue weighted by molar-refractivity contribution is 7.90. The van der Waals surface area contributed by atoms with Crippen molar-refractivity contribution in [2.75, 3.05) is 18.5 Å². The van der Waals surface area contributed by atoms with E-state index in [2.05, 4.69) is 9.62 Å². The van der Waals surface area contributed by atoms with Gasteiger partial charge in [0.2, 0.25) is 5.91 Å². The van der Waals surface area contributed by atoms with Gasteiger partial charge in [0, 0.05) is 19.3 Å². The van der Waals surface area contributed by atoms with Crippen LogP contribution in [0.5, 0.6) is 0 Å². The molecule has 134 valence electrons. The second-order valence-electron chi connectivity index (χ2n) is 7.83. The Morgan fingerprint density at radius 3 is 2.88 bits per heavy atom. The molecule has 1 aromatic carbocycles. The van der Waals surface area contributed by atoms with Crippen molar-refractivity contribution in [3.8, 4) is 0 Å². The molecule has 4 aliphatic rings. The number of anilines is 1. The Hall–Kier alpha value is -1.60. The lowest BCUT2D eigenvalue weighted by Crippen LogP contribution is -2.40. The zero-order valence-electron chi connectivity index (χ0n) is 14.1. The minimum absolute atomic E-state index is 0.0835. The summed E-state index contributed by atoms with van der Waals surface area (Å²) in [7, 11) is -1.89. The van der Waals surface area contributed by atoms with Crippen LogP contribution in [0.2, 0.25) is 0 Å². The van der Waals surface area contributed by atoms with E-state index in [-0.39, 0.29) is 23.0 Å². The summed E-state index contributed by atoms with van der Waals surface area (Å²) in [5, 5.41) is 0. The van der Waals surface area contributed by atoms with Crippen molar-refractivity contribution in [1.29, 1.82) is 0 Å². The van der Waals surface area contributed by atoms with Gasteiger partial charge in [0.1, 0.15) is 0 Å². The van der Waals surface area contributed by atoms with E-state index in [1.807, 2.05) is 13.1 Å². The van der Waals surface area contributed by atoms with Gasteiger partial charge in [0.25, 0.3) is 10.0 Å². The first-order chi connectivity index (χ1) is 11.9. The summed E-state index contributed by atoms with van der Waals surface area (Å²) >= 11 is 0. The molecule has 1 aliphatic carbocycles. The van der Waals surface area contributed by atoms with Crippen LogP contribution in [0, 0.1) is 17.8 Å². The van der Waals surface area contributed by atoms with Crippen LogP contribution >= 0.6 is 0 Å². The molecular formula is C18H22N2O4S. The largest absolute Gasteiger partial charge is 0.374 e. The van der Waals surface area contributed by atoms with Gasteiger partial charge in [-0.1, -0.05) is 6.07 Å². The summed E-state index contributed by atoms with van der Waals surface area (Å²) in [4.78, 5) is 14.8. The number of carbonyl (C=O) groups excluding carboxylic acids is 1. The van der Waals surface area contributed by atoms with Gasteiger partial charge in [0.05, 0.1) is 23.0 Å². The third-order valence-electron chi connectivity index (χ3n) is 6.30. The fraction of sp³-hybridized carbons (Fsp3) is 0.611. The van der Waals surface area contributed by atoms with Gasteiger partial charge >= 0.3 is 0 Å². The quantitative estimate of drug-likeness (QED) is 0.877. The predicted octanol–water partition coefficient (Wildman–Crippen LogP) is 1.30. The summed E-state index contributed by atoms with van der Waals surface area (Å²) in [5.41, 5.74) is 2.09. The Bertz CT molecular complexity index is 853. The summed E-state index contributed by atoms with van der Waals surface area (Å²) < 4.78 is 33.5. The molecule has 0 spiro atoms. The molecule has 1 amide bonds. The Kier molecular flexibility index (Phi) is 3.26. The van der Waals surface area contributed by atoms with Crippen molar-refractivity contribution < 1.29 is 17.9 Å². The molecule has 0 aromatic heterocycles. The van der Waals surface area contributed by atoms with Crippen LogP contribution in [0.4, 0.5) is 5.69 Å². The Labute approximate surface area is 147 Å². The number of hydrogen-bond acceptors (Lipinski definition) is 5. The number of sulfonamides is 1. The molecule has 0 unspecified atom stereocenters. The van der Waals surface area contributed by atoms with Crippen molar-refractivity contribution >= 4 is 21.6 Å². The average Bonchev–Trinajstić information content (AvgIpc) is 3.18. The molecule has 3 fully saturated rings. The molecule has 3 heterocycles. The second kappa shape index (κ2) is 5.20. The predicted molar refractivity (Wildman–Crippen MR) is 91.7 cm³/mol. The number of fused-ring (bicyclic) bond motifs is 6. The number of amides is 1. The van der Waals surface area contributed by atoms with Crippen molar-refractivity contribution in [2.24, 2.45) is 17.8 Å². The molecule has 25 heavy (non-hydrogen) atoms. The molecule has 1 aromatic rings. The summed E-state index contributed by atoms with van der Waals surface area (Å²) in [6, 6.07) is 5.14. The van der Waals surface area contributed by atoms with Crippen LogP contribution in [-0.2, 0) is 26.0 Å². The van der Waals surface area contributed by atoms with E-state index >= 15 is 0 Å². The van der Waals surface area contributed by atoms with Gasteiger partial charge < -0.3 is 9.64 Å². The lowest BCUT2D eigenvalue weighted by Gasteiger charge is -2.28. The first-order valence-electron chi connectivity index (χ1n) is 9.00. The van der Waals surface area contributed by atoms with Crippen LogP contribution in [0.1, 0.15) is 24.8 Å². The summed E-state index contributed by atoms with van der Waals surface area (Å²) in [5.74, 6) is 0.337. The van der Waals surface area contributed by atoms with Gasteiger partial charge in [-0.15, -0.1) is 0 Å². The average molecular weight is 362 g/mol. The first-order valence-corrected chi connectivity index (χ1v) is 10.5. The van der Waals surface area contributed by atoms with Crippen LogP contribution < -0.4 is 9.62 Å². The minimum atomic E-state index is -3.86. The number of nitrogens with zero attached hydrogens (tertiary/aromatic N) is 1. The van der Waals surface area contributed by atoms with E-state index < -0.39 is 15.9 Å². The molecule has 0 radical (unpaired) electrons. The van der Waals surface area contributed by atoms with Gasteiger partial charge in [-0.3, -0.25) is 4.79 Å². The van der Waals surface area contributed by atoms with E-state index in [1.165, 1.54) is 0 Å². The number of nitrogens with one attached hydrogen (secondary N) is 1. The number of carbonyl (C=O) groups is 1. The van der Waals surface area contributed by atoms with Crippen LogP contribution in [0.25, 0.3) is 0 Å². The van der Waals surface area contributed by atoms with Crippen molar-refractivity contribution in [3.05, 3.63) is 23.8 Å². The highest BCUT2D eigenvalue weighted by Gasteiger charge is 2.64. The zero-order valence-corrected chi connectivity index (χ0v) is 15.0. The van der Waals surface area contributed by atoms with E-state index in [1.54, 1.807) is 12.1 Å². The monoisotopic (exact) mass is 362 g/mol. The van der Waals surface area contributed by atoms with Crippen molar-refractivity contribution in [1.82, 2.24) is 4.72 Å². The topological polar surface area (TPSA) is 75.7 Å². The Balaban J connectivity index is 1.36. The maximum Gasteiger partial charge on any atom is 0.264 e. The molecule has 5 atom stereocenters. The standard InChI is InChI=1S/C18H22N2O4S/c1-20-6-2-3-10-4-5-11(7-15(10)20)25(22,23)19-18(21)14-9-16-12-8-13(12)17(14)24-16/h4-5,7,12-14,16-17H,2-3,6,8-9H2,1H3,(H,19,21)/t12-,13+,14-,16+,17+/m1/s1. The molecule has 6 nitrogen and oxygen atoms in total. The highest BCUT2D eigenvalue weighted by Crippen LogP contribution is 2.60. The minimum Gasteiger partial charge on any atom is -0.374 e. The van der Waals surface area contributed by atoms with Gasteiger partial charge in [0.15, 0.2) is 0 Å². The molecule has 2 bridgehead atoms. The van der Waals surface area contributed by atoms with E-state index in [9.17, 15) is 13.2 Å². The molecular weight excluding hydrogens is 340 g/mol. The second-order valence-corrected chi connectivity index (χ2v) is 9.51. The van der Waals surface area contributed by atoms with Gasteiger partial charge in [-0.2, -0.15) is 0 Å². The summed E-state index contributed by atoms with van der Waals surface area (Å²) in [6.45, 7) is 0.911. The van der Waals surface area contributed by atoms with Gasteiger partial charge in [-0.05, 0) is 55.2 Å². The zero-order chi connectivity index (χ0) is 17.3. The first kappa shape index (κ1) is 15.6. The Morgan fingerprint density at radius 1 is 1.28 bits per heavy atom. The molecule has 1 saturated carbocycles. The lowest BCUT2D eigenvalue weighted by atomic mass is 9.89. The number of benzene rings is 1. The van der Waals surface area contributed by atoms with E-state index in [0.29, 0.717) is 18.3 Å². The third kappa shape index (κ3) is 2.39. The number of hydrogen-bond donors (Lipinski definition) is 1. The molecule has 1 N–H and O–H groups in total. The van der Waals surface area contributed by atoms with Crippen LogP contribution in [-0.4, -0.2) is 40.1 Å². The number of ether oxygens (including phenoxy) is 1. The van der Waals surface area contributed by atoms with E-state index in [4.69, 9.17) is 4.74 Å². The number of rotatable bonds is 3. The fourth-order valence-electron chi connectivity index (χ4n) is 4.88. The molecule has 2 saturated heterocycles. The SMILES string of the molecule is CN1CCCc2ccc(S(=O)(=O)NC(=O)[C@@H]3C[C@@H]4O[C@H]3[C@H]3C[C@H]34)cc21.